The first-order valence-electron chi connectivity index (χ1n) is 4.86. The lowest BCUT2D eigenvalue weighted by Crippen LogP contribution is -2.45. The number of nitrogens with one attached hydrogen (secondary N) is 1. The summed E-state index contributed by atoms with van der Waals surface area (Å²) in [6.07, 6.45) is 3.32. The van der Waals surface area contributed by atoms with E-state index in [1.165, 1.54) is 0 Å². The first-order valence-corrected chi connectivity index (χ1v) is 4.86. The van der Waals surface area contributed by atoms with Crippen LogP contribution in [-0.2, 0) is 11.8 Å². The van der Waals surface area contributed by atoms with E-state index >= 15 is 0 Å². The number of nitrogens with two attached hydrogens (primary N) is 1. The lowest BCUT2D eigenvalue weighted by molar-refractivity contribution is -0.119. The SMILES string of the molecule is Cn1cc(NC(=O)[C@H](N)C(C)(C)C)cn1. The van der Waals surface area contributed by atoms with Crippen molar-refractivity contribution in [2.45, 2.75) is 26.8 Å². The maximum atomic E-state index is 11.7. The third kappa shape index (κ3) is 3.06. The monoisotopic (exact) mass is 210 g/mol. The van der Waals surface area contributed by atoms with Crippen molar-refractivity contribution in [1.29, 1.82) is 0 Å². The molecule has 15 heavy (non-hydrogen) atoms. The highest BCUT2D eigenvalue weighted by Crippen LogP contribution is 2.18. The number of aryl methyl sites for hydroxylation is 1. The largest absolute Gasteiger partial charge is 0.322 e. The molecule has 0 saturated carbocycles. The summed E-state index contributed by atoms with van der Waals surface area (Å²) in [5, 5.41) is 6.67. The molecule has 0 aliphatic carbocycles. The second-order valence-electron chi connectivity index (χ2n) is 4.74. The highest BCUT2D eigenvalue weighted by Gasteiger charge is 2.27. The minimum atomic E-state index is -0.530. The second kappa shape index (κ2) is 4.02. The van der Waals surface area contributed by atoms with Crippen LogP contribution >= 0.6 is 0 Å². The van der Waals surface area contributed by atoms with Gasteiger partial charge >= 0.3 is 0 Å². The van der Waals surface area contributed by atoms with Crippen LogP contribution in [0, 0.1) is 5.41 Å². The molecule has 0 aliphatic heterocycles. The minimum Gasteiger partial charge on any atom is -0.322 e. The summed E-state index contributed by atoms with van der Waals surface area (Å²) >= 11 is 0. The Balaban J connectivity index is 2.64. The fraction of sp³-hybridized carbons (Fsp3) is 0.600. The molecule has 0 aliphatic rings. The molecule has 0 radical (unpaired) electrons. The van der Waals surface area contributed by atoms with E-state index in [1.54, 1.807) is 24.1 Å². The summed E-state index contributed by atoms with van der Waals surface area (Å²) in [7, 11) is 1.79. The van der Waals surface area contributed by atoms with Crippen LogP contribution < -0.4 is 11.1 Å². The molecular formula is C10H18N4O. The smallest absolute Gasteiger partial charge is 0.241 e. The zero-order valence-corrected chi connectivity index (χ0v) is 9.61. The number of hydrogen-bond donors (Lipinski definition) is 2. The van der Waals surface area contributed by atoms with Crippen LogP contribution in [0.15, 0.2) is 12.4 Å². The van der Waals surface area contributed by atoms with Gasteiger partial charge in [-0.05, 0) is 5.41 Å². The highest BCUT2D eigenvalue weighted by molar-refractivity contribution is 5.94. The summed E-state index contributed by atoms with van der Waals surface area (Å²) in [6, 6.07) is -0.530. The zero-order chi connectivity index (χ0) is 11.6. The molecule has 0 aromatic carbocycles. The van der Waals surface area contributed by atoms with Gasteiger partial charge in [-0.25, -0.2) is 0 Å². The first kappa shape index (κ1) is 11.7. The Hall–Kier alpha value is -1.36. The van der Waals surface area contributed by atoms with Crippen LogP contribution in [0.25, 0.3) is 0 Å². The third-order valence-corrected chi connectivity index (χ3v) is 2.19. The Morgan fingerprint density at radius 1 is 1.60 bits per heavy atom. The number of aromatic nitrogens is 2. The van der Waals surface area contributed by atoms with Gasteiger partial charge in [0.15, 0.2) is 0 Å². The molecule has 3 N–H and O–H groups in total. The lowest BCUT2D eigenvalue weighted by atomic mass is 9.87. The average molecular weight is 210 g/mol. The van der Waals surface area contributed by atoms with E-state index in [1.807, 2.05) is 20.8 Å². The topological polar surface area (TPSA) is 72.9 Å². The standard InChI is InChI=1S/C10H18N4O/c1-10(2,3)8(11)9(15)13-7-5-12-14(4)6-7/h5-6,8H,11H2,1-4H3,(H,13,15)/t8-/m0/s1. The van der Waals surface area contributed by atoms with Crippen molar-refractivity contribution in [2.24, 2.45) is 18.2 Å². The number of amides is 1. The van der Waals surface area contributed by atoms with Crippen molar-refractivity contribution in [2.75, 3.05) is 5.32 Å². The molecule has 1 rings (SSSR count). The van der Waals surface area contributed by atoms with Gasteiger partial charge in [-0.2, -0.15) is 5.10 Å². The average Bonchev–Trinajstić information content (AvgIpc) is 2.48. The Kier molecular flexibility index (Phi) is 3.14. The Labute approximate surface area is 89.6 Å². The van der Waals surface area contributed by atoms with Crippen LogP contribution in [0.2, 0.25) is 0 Å². The summed E-state index contributed by atoms with van der Waals surface area (Å²) < 4.78 is 1.62. The maximum absolute atomic E-state index is 11.7. The van der Waals surface area contributed by atoms with E-state index in [-0.39, 0.29) is 11.3 Å². The molecule has 0 unspecified atom stereocenters. The molecule has 0 fully saturated rings. The summed E-state index contributed by atoms with van der Waals surface area (Å²) in [6.45, 7) is 5.79. The number of anilines is 1. The van der Waals surface area contributed by atoms with E-state index < -0.39 is 6.04 Å². The van der Waals surface area contributed by atoms with E-state index in [9.17, 15) is 4.79 Å². The Bertz CT molecular complexity index is 351. The number of hydrogen-bond acceptors (Lipinski definition) is 3. The molecule has 1 aromatic rings. The van der Waals surface area contributed by atoms with Crippen LogP contribution in [0.1, 0.15) is 20.8 Å². The molecule has 1 heterocycles. The van der Waals surface area contributed by atoms with Gasteiger partial charge in [0.2, 0.25) is 5.91 Å². The molecule has 5 heteroatoms. The molecule has 1 amide bonds. The quantitative estimate of drug-likeness (QED) is 0.756. The number of rotatable bonds is 2. The van der Waals surface area contributed by atoms with Crippen LogP contribution in [0.5, 0.6) is 0 Å². The van der Waals surface area contributed by atoms with Crippen molar-refractivity contribution in [3.8, 4) is 0 Å². The molecule has 84 valence electrons. The van der Waals surface area contributed by atoms with E-state index in [0.717, 1.165) is 0 Å². The van der Waals surface area contributed by atoms with Gasteiger partial charge in [0.1, 0.15) is 0 Å². The van der Waals surface area contributed by atoms with Crippen molar-refractivity contribution in [3.63, 3.8) is 0 Å². The Morgan fingerprint density at radius 3 is 2.60 bits per heavy atom. The second-order valence-corrected chi connectivity index (χ2v) is 4.74. The van der Waals surface area contributed by atoms with Crippen molar-refractivity contribution >= 4 is 11.6 Å². The number of nitrogens with zero attached hydrogens (tertiary/aromatic N) is 2. The molecule has 0 saturated heterocycles. The fourth-order valence-corrected chi connectivity index (χ4v) is 1.10. The van der Waals surface area contributed by atoms with Crippen molar-refractivity contribution < 1.29 is 4.79 Å². The Morgan fingerprint density at radius 2 is 2.20 bits per heavy atom. The number of carbonyl (C=O) groups excluding carboxylic acids is 1. The van der Waals surface area contributed by atoms with Crippen LogP contribution in [0.3, 0.4) is 0 Å². The van der Waals surface area contributed by atoms with Gasteiger partial charge < -0.3 is 11.1 Å². The summed E-state index contributed by atoms with van der Waals surface area (Å²) in [5.74, 6) is -0.185. The normalized spacial score (nSPS) is 13.7. The summed E-state index contributed by atoms with van der Waals surface area (Å²) in [4.78, 5) is 11.7. The fourth-order valence-electron chi connectivity index (χ4n) is 1.10. The molecule has 5 nitrogen and oxygen atoms in total. The van der Waals surface area contributed by atoms with Gasteiger partial charge in [0.05, 0.1) is 17.9 Å². The van der Waals surface area contributed by atoms with Gasteiger partial charge in [-0.3, -0.25) is 9.48 Å². The molecule has 1 aromatic heterocycles. The first-order chi connectivity index (χ1) is 6.80. The van der Waals surface area contributed by atoms with Crippen LogP contribution in [0.4, 0.5) is 5.69 Å². The number of carbonyl (C=O) groups is 1. The zero-order valence-electron chi connectivity index (χ0n) is 9.61. The van der Waals surface area contributed by atoms with E-state index in [2.05, 4.69) is 10.4 Å². The van der Waals surface area contributed by atoms with Gasteiger partial charge in [-0.15, -0.1) is 0 Å². The predicted octanol–water partition coefficient (Wildman–Crippen LogP) is 0.732. The highest BCUT2D eigenvalue weighted by atomic mass is 16.2. The van der Waals surface area contributed by atoms with Crippen LogP contribution in [-0.4, -0.2) is 21.7 Å². The predicted molar refractivity (Wildman–Crippen MR) is 59.3 cm³/mol. The maximum Gasteiger partial charge on any atom is 0.241 e. The van der Waals surface area contributed by atoms with E-state index in [4.69, 9.17) is 5.73 Å². The molecule has 1 atom stereocenters. The van der Waals surface area contributed by atoms with Gasteiger partial charge in [-0.1, -0.05) is 20.8 Å². The minimum absolute atomic E-state index is 0.185. The van der Waals surface area contributed by atoms with Gasteiger partial charge in [0, 0.05) is 13.2 Å². The van der Waals surface area contributed by atoms with Crippen molar-refractivity contribution in [3.05, 3.63) is 12.4 Å². The van der Waals surface area contributed by atoms with E-state index in [0.29, 0.717) is 5.69 Å². The van der Waals surface area contributed by atoms with Gasteiger partial charge in [0.25, 0.3) is 0 Å². The third-order valence-electron chi connectivity index (χ3n) is 2.19. The molecule has 0 spiro atoms. The molecular weight excluding hydrogens is 192 g/mol. The van der Waals surface area contributed by atoms with Crippen molar-refractivity contribution in [1.82, 2.24) is 9.78 Å². The lowest BCUT2D eigenvalue weighted by Gasteiger charge is -2.25. The summed E-state index contributed by atoms with van der Waals surface area (Å²) in [5.41, 5.74) is 6.23. The molecule has 0 bridgehead atoms.